The lowest BCUT2D eigenvalue weighted by Gasteiger charge is -2.23. The lowest BCUT2D eigenvalue weighted by atomic mass is 9.86. The number of rotatable bonds is 39. The number of hydrogen-bond acceptors (Lipinski definition) is 7. The van der Waals surface area contributed by atoms with E-state index in [1.54, 1.807) is 0 Å². The lowest BCUT2D eigenvalue weighted by molar-refractivity contribution is -0.154. The molecule has 0 aliphatic carbocycles. The van der Waals surface area contributed by atoms with Gasteiger partial charge in [-0.3, -0.25) is 14.4 Å². The maximum Gasteiger partial charge on any atom is 0.311 e. The van der Waals surface area contributed by atoms with Crippen molar-refractivity contribution in [1.29, 1.82) is 0 Å². The average Bonchev–Trinajstić information content (AvgIpc) is 3.11. The fraction of sp³-hybridized carbons (Fsp3) is 0.935. The first kappa shape index (κ1) is 51.4. The first-order valence-electron chi connectivity index (χ1n) is 22.7. The second-order valence-corrected chi connectivity index (χ2v) is 16.9. The van der Waals surface area contributed by atoms with Crippen LogP contribution in [0, 0.1) is 11.3 Å². The Balaban J connectivity index is 4.43. The summed E-state index contributed by atoms with van der Waals surface area (Å²) in [5.74, 6) is 0.533. The molecule has 0 amide bonds. The molecule has 0 spiro atoms. The van der Waals surface area contributed by atoms with E-state index in [4.69, 9.17) is 14.2 Å². The monoisotopic (exact) mass is 752 g/mol. The summed E-state index contributed by atoms with van der Waals surface area (Å²) in [5.41, 5.74) is -0.476. The van der Waals surface area contributed by atoms with Crippen LogP contribution in [0.3, 0.4) is 0 Å². The minimum absolute atomic E-state index is 0.0624. The van der Waals surface area contributed by atoms with Crippen LogP contribution in [0.5, 0.6) is 0 Å². The third kappa shape index (κ3) is 33.4. The first-order chi connectivity index (χ1) is 25.5. The van der Waals surface area contributed by atoms with Crippen LogP contribution in [0.2, 0.25) is 0 Å². The van der Waals surface area contributed by atoms with Gasteiger partial charge in [0.05, 0.1) is 18.6 Å². The summed E-state index contributed by atoms with van der Waals surface area (Å²) in [6.45, 7) is 12.7. The summed E-state index contributed by atoms with van der Waals surface area (Å²) in [6, 6.07) is 0. The van der Waals surface area contributed by atoms with E-state index in [1.807, 2.05) is 27.9 Å². The highest BCUT2D eigenvalue weighted by Gasteiger charge is 2.28. The molecule has 1 unspecified atom stereocenters. The molecule has 0 saturated carbocycles. The summed E-state index contributed by atoms with van der Waals surface area (Å²) < 4.78 is 17.2. The van der Waals surface area contributed by atoms with E-state index in [9.17, 15) is 14.4 Å². The molecule has 0 aliphatic heterocycles. The molecule has 314 valence electrons. The van der Waals surface area contributed by atoms with Crippen LogP contribution in [0.25, 0.3) is 0 Å². The van der Waals surface area contributed by atoms with Gasteiger partial charge in [-0.05, 0) is 105 Å². The van der Waals surface area contributed by atoms with Gasteiger partial charge in [-0.2, -0.15) is 0 Å². The summed E-state index contributed by atoms with van der Waals surface area (Å²) in [6.07, 6.45) is 32.1. The van der Waals surface area contributed by atoms with Crippen molar-refractivity contribution in [3.05, 3.63) is 0 Å². The molecule has 0 fully saturated rings. The molecule has 0 saturated heterocycles. The summed E-state index contributed by atoms with van der Waals surface area (Å²) in [5, 5.41) is 0. The topological polar surface area (TPSA) is 82.1 Å². The first-order valence-corrected chi connectivity index (χ1v) is 22.7. The molecular formula is C46H89NO6. The zero-order valence-electron chi connectivity index (χ0n) is 36.4. The van der Waals surface area contributed by atoms with E-state index < -0.39 is 5.41 Å². The Morgan fingerprint density at radius 1 is 0.509 bits per heavy atom. The quantitative estimate of drug-likeness (QED) is 0.0351. The van der Waals surface area contributed by atoms with Crippen LogP contribution in [0.1, 0.15) is 227 Å². The standard InChI is InChI=1S/C46H89NO6/c1-8-11-14-15-16-19-27-39-52-45(50)46(4,5)37-26-20-24-34-42(53-44(49)36-28-38-47(6)7)33-23-17-18-25-35-43(48)51-40-29-32-41(30-21-12-9-2)31-22-13-10-3/h41-42H,8-40H2,1-7H3. The lowest BCUT2D eigenvalue weighted by Crippen LogP contribution is -2.27. The SMILES string of the molecule is CCCCCCCCCOC(=O)C(C)(C)CCCCCC(CCCCCCC(=O)OCCCC(CCCCC)CCCCC)OC(=O)CCCN(C)C. The third-order valence-electron chi connectivity index (χ3n) is 10.8. The van der Waals surface area contributed by atoms with E-state index in [0.29, 0.717) is 26.1 Å². The Morgan fingerprint density at radius 3 is 1.60 bits per heavy atom. The normalized spacial score (nSPS) is 12.4. The molecule has 0 aromatic rings. The van der Waals surface area contributed by atoms with Crippen molar-refractivity contribution in [3.63, 3.8) is 0 Å². The van der Waals surface area contributed by atoms with Crippen LogP contribution >= 0.6 is 0 Å². The minimum Gasteiger partial charge on any atom is -0.466 e. The maximum absolute atomic E-state index is 12.7. The molecule has 0 aliphatic rings. The zero-order valence-corrected chi connectivity index (χ0v) is 36.4. The van der Waals surface area contributed by atoms with E-state index in [1.165, 1.54) is 89.9 Å². The molecule has 0 rings (SSSR count). The molecule has 7 nitrogen and oxygen atoms in total. The van der Waals surface area contributed by atoms with Gasteiger partial charge in [0.2, 0.25) is 0 Å². The van der Waals surface area contributed by atoms with E-state index in [-0.39, 0.29) is 24.0 Å². The number of nitrogens with zero attached hydrogens (tertiary/aromatic N) is 1. The molecule has 0 aromatic heterocycles. The molecule has 53 heavy (non-hydrogen) atoms. The number of esters is 3. The molecule has 1 atom stereocenters. The van der Waals surface area contributed by atoms with Crippen LogP contribution in [-0.4, -0.2) is 62.8 Å². The van der Waals surface area contributed by atoms with Crippen LogP contribution < -0.4 is 0 Å². The number of carbonyl (C=O) groups is 3. The van der Waals surface area contributed by atoms with Crippen molar-refractivity contribution >= 4 is 17.9 Å². The van der Waals surface area contributed by atoms with Gasteiger partial charge in [0.15, 0.2) is 0 Å². The minimum atomic E-state index is -0.476. The number of ether oxygens (including phenoxy) is 3. The summed E-state index contributed by atoms with van der Waals surface area (Å²) in [4.78, 5) is 39.8. The van der Waals surface area contributed by atoms with Gasteiger partial charge in [-0.1, -0.05) is 136 Å². The van der Waals surface area contributed by atoms with Gasteiger partial charge in [-0.15, -0.1) is 0 Å². The summed E-state index contributed by atoms with van der Waals surface area (Å²) >= 11 is 0. The van der Waals surface area contributed by atoms with Crippen LogP contribution in [0.4, 0.5) is 0 Å². The van der Waals surface area contributed by atoms with Gasteiger partial charge < -0.3 is 19.1 Å². The van der Waals surface area contributed by atoms with Crippen molar-refractivity contribution in [2.75, 3.05) is 33.9 Å². The molecular weight excluding hydrogens is 663 g/mol. The van der Waals surface area contributed by atoms with Crippen molar-refractivity contribution in [3.8, 4) is 0 Å². The second-order valence-electron chi connectivity index (χ2n) is 16.9. The Kier molecular flexibility index (Phi) is 34.9. The van der Waals surface area contributed by atoms with Crippen LogP contribution in [-0.2, 0) is 28.6 Å². The Morgan fingerprint density at radius 2 is 0.981 bits per heavy atom. The Bertz CT molecular complexity index is 849. The number of hydrogen-bond donors (Lipinski definition) is 0. The fourth-order valence-electron chi connectivity index (χ4n) is 7.11. The molecule has 0 heterocycles. The van der Waals surface area contributed by atoms with E-state index >= 15 is 0 Å². The molecule has 7 heteroatoms. The predicted octanol–water partition coefficient (Wildman–Crippen LogP) is 13.0. The smallest absolute Gasteiger partial charge is 0.311 e. The van der Waals surface area contributed by atoms with Crippen molar-refractivity contribution in [2.45, 2.75) is 233 Å². The molecule has 0 radical (unpaired) electrons. The van der Waals surface area contributed by atoms with Gasteiger partial charge in [0, 0.05) is 12.8 Å². The molecule has 0 bridgehead atoms. The van der Waals surface area contributed by atoms with E-state index in [2.05, 4.69) is 25.7 Å². The van der Waals surface area contributed by atoms with Crippen molar-refractivity contribution < 1.29 is 28.6 Å². The predicted molar refractivity (Wildman–Crippen MR) is 223 cm³/mol. The van der Waals surface area contributed by atoms with Gasteiger partial charge in [-0.25, -0.2) is 0 Å². The van der Waals surface area contributed by atoms with Crippen molar-refractivity contribution in [2.24, 2.45) is 11.3 Å². The highest BCUT2D eigenvalue weighted by Crippen LogP contribution is 2.27. The zero-order chi connectivity index (χ0) is 39.4. The largest absolute Gasteiger partial charge is 0.466 e. The van der Waals surface area contributed by atoms with Crippen LogP contribution in [0.15, 0.2) is 0 Å². The number of carbonyl (C=O) groups excluding carboxylic acids is 3. The van der Waals surface area contributed by atoms with Gasteiger partial charge in [0.25, 0.3) is 0 Å². The van der Waals surface area contributed by atoms with Crippen molar-refractivity contribution in [1.82, 2.24) is 4.90 Å². The highest BCUT2D eigenvalue weighted by molar-refractivity contribution is 5.75. The van der Waals surface area contributed by atoms with E-state index in [0.717, 1.165) is 102 Å². The highest BCUT2D eigenvalue weighted by atomic mass is 16.5. The fourth-order valence-corrected chi connectivity index (χ4v) is 7.11. The Labute approximate surface area is 329 Å². The maximum atomic E-state index is 12.7. The second kappa shape index (κ2) is 36.0. The molecule has 0 aromatic carbocycles. The third-order valence-corrected chi connectivity index (χ3v) is 10.8. The average molecular weight is 752 g/mol. The molecule has 0 N–H and O–H groups in total. The summed E-state index contributed by atoms with van der Waals surface area (Å²) in [7, 11) is 4.04. The van der Waals surface area contributed by atoms with Gasteiger partial charge >= 0.3 is 17.9 Å². The number of unbranched alkanes of at least 4 members (excludes halogenated alkanes) is 15. The van der Waals surface area contributed by atoms with Gasteiger partial charge in [0.1, 0.15) is 6.10 Å². The Hall–Kier alpha value is -1.63.